The number of nitrogens with zero attached hydrogens (tertiary/aromatic N) is 3. The van der Waals surface area contributed by atoms with Crippen molar-refractivity contribution in [1.82, 2.24) is 20.1 Å². The molecule has 0 aliphatic heterocycles. The second kappa shape index (κ2) is 10.4. The van der Waals surface area contributed by atoms with E-state index in [4.69, 9.17) is 9.15 Å². The molecule has 0 saturated heterocycles. The lowest BCUT2D eigenvalue weighted by atomic mass is 10.1. The van der Waals surface area contributed by atoms with Gasteiger partial charge in [-0.15, -0.1) is 10.2 Å². The zero-order valence-electron chi connectivity index (χ0n) is 18.8. The van der Waals surface area contributed by atoms with E-state index >= 15 is 0 Å². The van der Waals surface area contributed by atoms with Crippen molar-refractivity contribution in [2.24, 2.45) is 0 Å². The molecular formula is C25H26N4O3S. The summed E-state index contributed by atoms with van der Waals surface area (Å²) in [6, 6.07) is 19.5. The zero-order chi connectivity index (χ0) is 23.2. The molecule has 2 heterocycles. The molecule has 0 radical (unpaired) electrons. The average molecular weight is 463 g/mol. The van der Waals surface area contributed by atoms with E-state index in [2.05, 4.69) is 21.6 Å². The van der Waals surface area contributed by atoms with Crippen LogP contribution in [-0.2, 0) is 17.9 Å². The van der Waals surface area contributed by atoms with Gasteiger partial charge in [-0.1, -0.05) is 47.7 Å². The van der Waals surface area contributed by atoms with Gasteiger partial charge in [-0.2, -0.15) is 0 Å². The number of thioether (sulfide) groups is 1. The third-order valence-corrected chi connectivity index (χ3v) is 6.24. The summed E-state index contributed by atoms with van der Waals surface area (Å²) in [5.41, 5.74) is 3.11. The minimum Gasteiger partial charge on any atom is -0.497 e. The number of hydrogen-bond acceptors (Lipinski definition) is 6. The Labute approximate surface area is 197 Å². The zero-order valence-corrected chi connectivity index (χ0v) is 19.6. The summed E-state index contributed by atoms with van der Waals surface area (Å²) in [7, 11) is 1.63. The number of benzene rings is 2. The molecule has 1 amide bonds. The maximum Gasteiger partial charge on any atom is 0.233 e. The van der Waals surface area contributed by atoms with Gasteiger partial charge in [-0.05, 0) is 49.7 Å². The summed E-state index contributed by atoms with van der Waals surface area (Å²) >= 11 is 1.38. The average Bonchev–Trinajstić information content (AvgIpc) is 3.48. The second-order valence-electron chi connectivity index (χ2n) is 7.67. The van der Waals surface area contributed by atoms with Crippen molar-refractivity contribution in [2.45, 2.75) is 37.3 Å². The Morgan fingerprint density at radius 2 is 1.97 bits per heavy atom. The molecule has 170 valence electrons. The predicted molar refractivity (Wildman–Crippen MR) is 128 cm³/mol. The van der Waals surface area contributed by atoms with Gasteiger partial charge in [-0.3, -0.25) is 9.36 Å². The molecule has 0 spiro atoms. The Kier molecular flexibility index (Phi) is 7.14. The SMILES string of the molecule is COc1ccc(CNC(=O)C(C)Sc2nnc(-c3cccc(C)c3)n2Cc2ccco2)cc1. The molecule has 1 N–H and O–H groups in total. The van der Waals surface area contributed by atoms with Crippen molar-refractivity contribution in [1.29, 1.82) is 0 Å². The summed E-state index contributed by atoms with van der Waals surface area (Å²) in [4.78, 5) is 12.8. The highest BCUT2D eigenvalue weighted by Gasteiger charge is 2.21. The first-order valence-electron chi connectivity index (χ1n) is 10.6. The van der Waals surface area contributed by atoms with Crippen LogP contribution in [0.1, 0.15) is 23.8 Å². The Hall–Kier alpha value is -3.52. The van der Waals surface area contributed by atoms with E-state index in [0.29, 0.717) is 18.2 Å². The van der Waals surface area contributed by atoms with Gasteiger partial charge in [0.05, 0.1) is 25.2 Å². The van der Waals surface area contributed by atoms with Gasteiger partial charge in [0.2, 0.25) is 5.91 Å². The number of hydrogen-bond donors (Lipinski definition) is 1. The van der Waals surface area contributed by atoms with E-state index < -0.39 is 0 Å². The van der Waals surface area contributed by atoms with Crippen LogP contribution in [0.15, 0.2) is 76.5 Å². The number of rotatable bonds is 9. The predicted octanol–water partition coefficient (Wildman–Crippen LogP) is 4.70. The van der Waals surface area contributed by atoms with Crippen LogP contribution in [0.25, 0.3) is 11.4 Å². The van der Waals surface area contributed by atoms with Crippen LogP contribution in [0.3, 0.4) is 0 Å². The number of ether oxygens (including phenoxy) is 1. The molecule has 1 unspecified atom stereocenters. The van der Waals surface area contributed by atoms with Gasteiger partial charge < -0.3 is 14.5 Å². The fourth-order valence-electron chi connectivity index (χ4n) is 3.36. The highest BCUT2D eigenvalue weighted by molar-refractivity contribution is 8.00. The topological polar surface area (TPSA) is 82.2 Å². The van der Waals surface area contributed by atoms with Crippen LogP contribution in [0.2, 0.25) is 0 Å². The monoisotopic (exact) mass is 462 g/mol. The highest BCUT2D eigenvalue weighted by atomic mass is 32.2. The molecule has 0 saturated carbocycles. The summed E-state index contributed by atoms with van der Waals surface area (Å²) in [5.74, 6) is 2.25. The van der Waals surface area contributed by atoms with Crippen molar-refractivity contribution in [3.05, 3.63) is 83.8 Å². The second-order valence-corrected chi connectivity index (χ2v) is 8.98. The smallest absolute Gasteiger partial charge is 0.233 e. The Balaban J connectivity index is 1.49. The minimum absolute atomic E-state index is 0.0690. The van der Waals surface area contributed by atoms with E-state index in [1.165, 1.54) is 11.8 Å². The van der Waals surface area contributed by atoms with Crippen molar-refractivity contribution < 1.29 is 13.9 Å². The lowest BCUT2D eigenvalue weighted by Crippen LogP contribution is -2.30. The summed E-state index contributed by atoms with van der Waals surface area (Å²) < 4.78 is 12.7. The van der Waals surface area contributed by atoms with Crippen LogP contribution in [-0.4, -0.2) is 33.0 Å². The quantitative estimate of drug-likeness (QED) is 0.363. The Bertz CT molecular complexity index is 1200. The normalized spacial score (nSPS) is 11.8. The maximum atomic E-state index is 12.8. The van der Waals surface area contributed by atoms with Gasteiger partial charge in [0, 0.05) is 12.1 Å². The van der Waals surface area contributed by atoms with Crippen LogP contribution in [0.5, 0.6) is 5.75 Å². The molecule has 7 nitrogen and oxygen atoms in total. The van der Waals surface area contributed by atoms with Gasteiger partial charge >= 0.3 is 0 Å². The third kappa shape index (κ3) is 5.64. The van der Waals surface area contributed by atoms with E-state index in [1.54, 1.807) is 13.4 Å². The molecule has 0 aliphatic rings. The summed E-state index contributed by atoms with van der Waals surface area (Å²) in [5, 5.41) is 12.1. The largest absolute Gasteiger partial charge is 0.497 e. The van der Waals surface area contributed by atoms with E-state index in [9.17, 15) is 4.79 Å². The van der Waals surface area contributed by atoms with E-state index in [-0.39, 0.29) is 11.2 Å². The third-order valence-electron chi connectivity index (χ3n) is 5.16. The number of carbonyl (C=O) groups excluding carboxylic acids is 1. The Morgan fingerprint density at radius 1 is 1.15 bits per heavy atom. The van der Waals surface area contributed by atoms with Crippen LogP contribution >= 0.6 is 11.8 Å². The molecule has 1 atom stereocenters. The van der Waals surface area contributed by atoms with Crippen LogP contribution in [0, 0.1) is 6.92 Å². The molecule has 2 aromatic heterocycles. The number of carbonyl (C=O) groups is 1. The number of amides is 1. The molecule has 0 fully saturated rings. The molecule has 0 aliphatic carbocycles. The molecule has 8 heteroatoms. The van der Waals surface area contributed by atoms with E-state index in [0.717, 1.165) is 34.0 Å². The molecule has 0 bridgehead atoms. The molecule has 4 rings (SSSR count). The Morgan fingerprint density at radius 3 is 2.67 bits per heavy atom. The highest BCUT2D eigenvalue weighted by Crippen LogP contribution is 2.28. The first-order chi connectivity index (χ1) is 16.0. The first-order valence-corrected chi connectivity index (χ1v) is 11.5. The van der Waals surface area contributed by atoms with Crippen molar-refractivity contribution in [2.75, 3.05) is 7.11 Å². The van der Waals surface area contributed by atoms with Crippen LogP contribution < -0.4 is 10.1 Å². The van der Waals surface area contributed by atoms with Gasteiger partial charge in [0.15, 0.2) is 11.0 Å². The minimum atomic E-state index is -0.354. The fourth-order valence-corrected chi connectivity index (χ4v) is 4.24. The fraction of sp³-hybridized carbons (Fsp3) is 0.240. The number of furan rings is 1. The van der Waals surface area contributed by atoms with Crippen molar-refractivity contribution in [3.63, 3.8) is 0 Å². The number of nitrogens with one attached hydrogen (secondary N) is 1. The van der Waals surface area contributed by atoms with Gasteiger partial charge in [0.1, 0.15) is 11.5 Å². The molecule has 33 heavy (non-hydrogen) atoms. The maximum absolute atomic E-state index is 12.8. The molecular weight excluding hydrogens is 436 g/mol. The van der Waals surface area contributed by atoms with E-state index in [1.807, 2.05) is 73.0 Å². The van der Waals surface area contributed by atoms with Crippen LogP contribution in [0.4, 0.5) is 0 Å². The summed E-state index contributed by atoms with van der Waals surface area (Å²) in [6.07, 6.45) is 1.65. The lowest BCUT2D eigenvalue weighted by Gasteiger charge is -2.13. The molecule has 4 aromatic rings. The standard InChI is InChI=1S/C25H26N4O3S/c1-17-6-4-7-20(14-17)23-27-28-25(29(23)16-22-8-5-13-32-22)33-18(2)24(30)26-15-19-9-11-21(31-3)12-10-19/h4-14,18H,15-16H2,1-3H3,(H,26,30). The van der Waals surface area contributed by atoms with Gasteiger partial charge in [0.25, 0.3) is 0 Å². The number of methoxy groups -OCH3 is 1. The number of aromatic nitrogens is 3. The van der Waals surface area contributed by atoms with Gasteiger partial charge in [-0.25, -0.2) is 0 Å². The lowest BCUT2D eigenvalue weighted by molar-refractivity contribution is -0.120. The molecule has 2 aromatic carbocycles. The van der Waals surface area contributed by atoms with Crippen molar-refractivity contribution in [3.8, 4) is 17.1 Å². The van der Waals surface area contributed by atoms with Crippen molar-refractivity contribution >= 4 is 17.7 Å². The first kappa shape index (κ1) is 22.7. The number of aryl methyl sites for hydroxylation is 1. The summed E-state index contributed by atoms with van der Waals surface area (Å²) in [6.45, 7) is 4.83.